The maximum absolute atomic E-state index is 11.1. The van der Waals surface area contributed by atoms with E-state index in [4.69, 9.17) is 9.84 Å². The number of nitrogens with one attached hydrogen (secondary N) is 1. The van der Waals surface area contributed by atoms with Crippen molar-refractivity contribution in [3.63, 3.8) is 0 Å². The van der Waals surface area contributed by atoms with Crippen LogP contribution in [-0.4, -0.2) is 23.7 Å². The lowest BCUT2D eigenvalue weighted by molar-refractivity contribution is -0.128. The van der Waals surface area contributed by atoms with E-state index in [1.165, 1.54) is 0 Å². The average molecular weight is 194 g/mol. The van der Waals surface area contributed by atoms with Gasteiger partial charge in [-0.1, -0.05) is 18.2 Å². The molecule has 1 atom stereocenters. The van der Waals surface area contributed by atoms with Gasteiger partial charge in [0.2, 0.25) is 0 Å². The molecule has 0 fully saturated rings. The van der Waals surface area contributed by atoms with Gasteiger partial charge < -0.3 is 15.2 Å². The first-order valence-electron chi connectivity index (χ1n) is 4.17. The number of hydrogen-bond donors (Lipinski definition) is 2. The van der Waals surface area contributed by atoms with Crippen molar-refractivity contribution >= 4 is 5.91 Å². The van der Waals surface area contributed by atoms with Crippen LogP contribution >= 0.6 is 0 Å². The summed E-state index contributed by atoms with van der Waals surface area (Å²) >= 11 is 0. The summed E-state index contributed by atoms with van der Waals surface area (Å²) in [5.41, 5.74) is 0. The second-order valence-electron chi connectivity index (χ2n) is 2.64. The van der Waals surface area contributed by atoms with Crippen molar-refractivity contribution in [2.75, 3.05) is 6.61 Å². The summed E-state index contributed by atoms with van der Waals surface area (Å²) in [5.74, 6) is 0.0894. The van der Waals surface area contributed by atoms with Crippen molar-refractivity contribution < 1.29 is 14.6 Å². The Kier molecular flexibility index (Phi) is 3.94. The number of aliphatic hydroxyl groups is 1. The van der Waals surface area contributed by atoms with E-state index in [0.717, 1.165) is 0 Å². The number of hydrogen-bond acceptors (Lipinski definition) is 3. The lowest BCUT2D eigenvalue weighted by Crippen LogP contribution is -2.38. The van der Waals surface area contributed by atoms with Gasteiger partial charge in [0.1, 0.15) is 5.75 Å². The van der Waals surface area contributed by atoms with Gasteiger partial charge in [-0.3, -0.25) is 4.79 Å². The van der Waals surface area contributed by atoms with Crippen molar-refractivity contribution in [1.29, 1.82) is 0 Å². The van der Waals surface area contributed by atoms with Crippen LogP contribution in [0, 0.1) is 7.05 Å². The monoisotopic (exact) mass is 194 g/mol. The smallest absolute Gasteiger partial charge is 0.263 e. The number of carbonyl (C=O) groups excluding carboxylic acids is 1. The van der Waals surface area contributed by atoms with Crippen LogP contribution in [-0.2, 0) is 4.79 Å². The topological polar surface area (TPSA) is 58.6 Å². The summed E-state index contributed by atoms with van der Waals surface area (Å²) in [6.45, 7) is -0.379. The highest BCUT2D eigenvalue weighted by atomic mass is 16.5. The van der Waals surface area contributed by atoms with E-state index in [1.807, 2.05) is 6.07 Å². The standard InChI is InChI=1S/C10H12NO3/c1-11-10(13)9(7-12)14-8-5-3-2-4-6-8/h2-6,9,12H,1,7H2,(H,11,13). The molecule has 0 saturated heterocycles. The van der Waals surface area contributed by atoms with Crippen LogP contribution in [0.5, 0.6) is 5.75 Å². The molecule has 4 nitrogen and oxygen atoms in total. The van der Waals surface area contributed by atoms with E-state index < -0.39 is 12.0 Å². The van der Waals surface area contributed by atoms with Crippen LogP contribution in [0.1, 0.15) is 0 Å². The summed E-state index contributed by atoms with van der Waals surface area (Å²) in [4.78, 5) is 11.1. The minimum atomic E-state index is -0.908. The van der Waals surface area contributed by atoms with Crippen molar-refractivity contribution in [2.45, 2.75) is 6.10 Å². The molecule has 1 aromatic rings. The summed E-state index contributed by atoms with van der Waals surface area (Å²) in [6.07, 6.45) is -0.908. The van der Waals surface area contributed by atoms with Crippen LogP contribution in [0.3, 0.4) is 0 Å². The zero-order chi connectivity index (χ0) is 10.4. The molecule has 75 valence electrons. The zero-order valence-electron chi connectivity index (χ0n) is 7.64. The van der Waals surface area contributed by atoms with E-state index in [0.29, 0.717) is 5.75 Å². The Morgan fingerprint density at radius 2 is 2.14 bits per heavy atom. The molecule has 1 unspecified atom stereocenters. The van der Waals surface area contributed by atoms with Crippen molar-refractivity contribution in [3.8, 4) is 5.75 Å². The molecule has 0 aliphatic heterocycles. The van der Waals surface area contributed by atoms with E-state index >= 15 is 0 Å². The number of rotatable bonds is 4. The number of para-hydroxylation sites is 1. The molecule has 0 saturated carbocycles. The van der Waals surface area contributed by atoms with Crippen LogP contribution in [0.15, 0.2) is 30.3 Å². The molecule has 14 heavy (non-hydrogen) atoms. The van der Waals surface area contributed by atoms with Gasteiger partial charge in [-0.05, 0) is 12.1 Å². The highest BCUT2D eigenvalue weighted by Gasteiger charge is 2.17. The Balaban J connectivity index is 2.62. The van der Waals surface area contributed by atoms with Gasteiger partial charge in [0.15, 0.2) is 6.10 Å². The minimum Gasteiger partial charge on any atom is -0.478 e. The first kappa shape index (κ1) is 10.5. The van der Waals surface area contributed by atoms with Crippen molar-refractivity contribution in [1.82, 2.24) is 5.32 Å². The number of ether oxygens (including phenoxy) is 1. The second kappa shape index (κ2) is 5.24. The highest BCUT2D eigenvalue weighted by Crippen LogP contribution is 2.10. The summed E-state index contributed by atoms with van der Waals surface area (Å²) < 4.78 is 5.21. The van der Waals surface area contributed by atoms with Gasteiger partial charge >= 0.3 is 0 Å². The first-order valence-corrected chi connectivity index (χ1v) is 4.17. The fourth-order valence-corrected chi connectivity index (χ4v) is 0.951. The maximum Gasteiger partial charge on any atom is 0.263 e. The predicted octanol–water partition coefficient (Wildman–Crippen LogP) is 0.334. The van der Waals surface area contributed by atoms with E-state index in [-0.39, 0.29) is 6.61 Å². The van der Waals surface area contributed by atoms with E-state index in [2.05, 4.69) is 12.4 Å². The van der Waals surface area contributed by atoms with Crippen molar-refractivity contribution in [3.05, 3.63) is 37.4 Å². The van der Waals surface area contributed by atoms with Gasteiger partial charge in [-0.2, -0.15) is 0 Å². The fraction of sp³-hybridized carbons (Fsp3) is 0.200. The minimum absolute atomic E-state index is 0.379. The fourth-order valence-electron chi connectivity index (χ4n) is 0.951. The van der Waals surface area contributed by atoms with Gasteiger partial charge in [0.05, 0.1) is 6.61 Å². The molecule has 1 rings (SSSR count). The molecular weight excluding hydrogens is 182 g/mol. The maximum atomic E-state index is 11.1. The first-order chi connectivity index (χ1) is 6.77. The molecule has 2 N–H and O–H groups in total. The summed E-state index contributed by atoms with van der Waals surface area (Å²) in [5, 5.41) is 11.0. The lowest BCUT2D eigenvalue weighted by atomic mass is 10.3. The number of benzene rings is 1. The van der Waals surface area contributed by atoms with Crippen molar-refractivity contribution in [2.24, 2.45) is 0 Å². The zero-order valence-corrected chi connectivity index (χ0v) is 7.64. The van der Waals surface area contributed by atoms with Crippen LogP contribution in [0.2, 0.25) is 0 Å². The SMILES string of the molecule is [CH2]NC(=O)C(CO)Oc1ccccc1. The largest absolute Gasteiger partial charge is 0.478 e. The molecular formula is C10H12NO3. The average Bonchev–Trinajstić information content (AvgIpc) is 2.26. The number of carbonyl (C=O) groups is 1. The lowest BCUT2D eigenvalue weighted by Gasteiger charge is -2.14. The van der Waals surface area contributed by atoms with Gasteiger partial charge in [-0.25, -0.2) is 0 Å². The molecule has 0 aromatic heterocycles. The summed E-state index contributed by atoms with van der Waals surface area (Å²) in [7, 11) is 3.21. The number of aliphatic hydroxyl groups excluding tert-OH is 1. The molecule has 0 bridgehead atoms. The molecule has 1 aromatic carbocycles. The van der Waals surface area contributed by atoms with Gasteiger partial charge in [0, 0.05) is 7.05 Å². The van der Waals surface area contributed by atoms with Crippen LogP contribution in [0.4, 0.5) is 0 Å². The second-order valence-corrected chi connectivity index (χ2v) is 2.64. The summed E-state index contributed by atoms with van der Waals surface area (Å²) in [6, 6.07) is 8.82. The molecule has 0 heterocycles. The van der Waals surface area contributed by atoms with E-state index in [9.17, 15) is 4.79 Å². The third kappa shape index (κ3) is 2.74. The molecule has 0 aliphatic carbocycles. The molecule has 1 amide bonds. The molecule has 0 aliphatic rings. The van der Waals surface area contributed by atoms with Crippen LogP contribution in [0.25, 0.3) is 0 Å². The number of amides is 1. The molecule has 1 radical (unpaired) electrons. The van der Waals surface area contributed by atoms with Crippen LogP contribution < -0.4 is 10.1 Å². The normalized spacial score (nSPS) is 11.9. The Labute approximate surface area is 82.5 Å². The van der Waals surface area contributed by atoms with Gasteiger partial charge in [0.25, 0.3) is 5.91 Å². The molecule has 0 spiro atoms. The third-order valence-electron chi connectivity index (χ3n) is 1.65. The Hall–Kier alpha value is -1.55. The third-order valence-corrected chi connectivity index (χ3v) is 1.65. The Morgan fingerprint density at radius 1 is 1.50 bits per heavy atom. The predicted molar refractivity (Wildman–Crippen MR) is 51.4 cm³/mol. The van der Waals surface area contributed by atoms with E-state index in [1.54, 1.807) is 24.3 Å². The van der Waals surface area contributed by atoms with Gasteiger partial charge in [-0.15, -0.1) is 0 Å². The molecule has 4 heteroatoms. The highest BCUT2D eigenvalue weighted by molar-refractivity contribution is 5.81. The Bertz CT molecular complexity index is 287. The quantitative estimate of drug-likeness (QED) is 0.726. The Morgan fingerprint density at radius 3 is 2.64 bits per heavy atom.